The van der Waals surface area contributed by atoms with Gasteiger partial charge in [-0.1, -0.05) is 56.3 Å². The maximum Gasteiger partial charge on any atom is 0.296 e. The van der Waals surface area contributed by atoms with E-state index in [1.54, 1.807) is 0 Å². The molecular formula is C26H24N3O+. The maximum absolute atomic E-state index is 13.4. The van der Waals surface area contributed by atoms with Crippen LogP contribution in [0, 0.1) is 5.41 Å². The van der Waals surface area contributed by atoms with Gasteiger partial charge in [0.15, 0.2) is 5.78 Å². The van der Waals surface area contributed by atoms with E-state index in [2.05, 4.69) is 72.2 Å². The molecule has 0 aromatic heterocycles. The molecule has 3 aromatic rings. The van der Waals surface area contributed by atoms with Crippen molar-refractivity contribution in [1.82, 2.24) is 0 Å². The minimum Gasteiger partial charge on any atom is -0.373 e. The van der Waals surface area contributed by atoms with E-state index in [0.717, 1.165) is 28.9 Å². The van der Waals surface area contributed by atoms with E-state index >= 15 is 0 Å². The lowest BCUT2D eigenvalue weighted by Crippen LogP contribution is -2.33. The zero-order valence-corrected chi connectivity index (χ0v) is 17.3. The second kappa shape index (κ2) is 6.79. The Balaban J connectivity index is 1.74. The van der Waals surface area contributed by atoms with Gasteiger partial charge in [0.2, 0.25) is 0 Å². The SMILES string of the molecule is C=[N+]=Nc1ccc(C2Nc3ccc4ccccc4c3C3=C2C(=O)CC(C)(C)C3)cc1. The molecule has 0 radical (unpaired) electrons. The van der Waals surface area contributed by atoms with E-state index in [1.807, 2.05) is 24.3 Å². The van der Waals surface area contributed by atoms with Crippen molar-refractivity contribution in [2.24, 2.45) is 10.5 Å². The number of allylic oxidation sites excluding steroid dienone is 1. The lowest BCUT2D eigenvalue weighted by atomic mass is 9.68. The Morgan fingerprint density at radius 2 is 1.80 bits per heavy atom. The van der Waals surface area contributed by atoms with E-state index in [0.29, 0.717) is 6.42 Å². The average molecular weight is 394 g/mol. The number of carbonyl (C=O) groups is 1. The first-order chi connectivity index (χ1) is 14.5. The molecule has 5 rings (SSSR count). The molecule has 0 saturated heterocycles. The molecule has 1 aliphatic carbocycles. The minimum absolute atomic E-state index is 0.0512. The van der Waals surface area contributed by atoms with Crippen LogP contribution in [0.3, 0.4) is 0 Å². The second-order valence-corrected chi connectivity index (χ2v) is 8.95. The lowest BCUT2D eigenvalue weighted by Gasteiger charge is -2.40. The molecule has 2 aliphatic rings. The van der Waals surface area contributed by atoms with Crippen LogP contribution in [-0.4, -0.2) is 17.3 Å². The molecule has 1 N–H and O–H groups in total. The van der Waals surface area contributed by atoms with Gasteiger partial charge in [0.25, 0.3) is 6.72 Å². The first kappa shape index (κ1) is 18.5. The first-order valence-electron chi connectivity index (χ1n) is 10.3. The minimum atomic E-state index is -0.164. The van der Waals surface area contributed by atoms with Gasteiger partial charge in [0.1, 0.15) is 10.8 Å². The summed E-state index contributed by atoms with van der Waals surface area (Å²) in [6.07, 6.45) is 1.46. The highest BCUT2D eigenvalue weighted by Gasteiger charge is 2.40. The molecule has 30 heavy (non-hydrogen) atoms. The highest BCUT2D eigenvalue weighted by molar-refractivity contribution is 6.12. The van der Waals surface area contributed by atoms with Crippen LogP contribution in [0.25, 0.3) is 16.3 Å². The fourth-order valence-electron chi connectivity index (χ4n) is 4.90. The summed E-state index contributed by atoms with van der Waals surface area (Å²) in [5.41, 5.74) is 6.12. The van der Waals surface area contributed by atoms with Gasteiger partial charge in [-0.05, 0) is 51.9 Å². The molecule has 148 valence electrons. The molecule has 4 nitrogen and oxygen atoms in total. The van der Waals surface area contributed by atoms with Crippen LogP contribution >= 0.6 is 0 Å². The van der Waals surface area contributed by atoms with Gasteiger partial charge in [0.05, 0.1) is 6.04 Å². The monoisotopic (exact) mass is 394 g/mol. The second-order valence-electron chi connectivity index (χ2n) is 8.95. The summed E-state index contributed by atoms with van der Waals surface area (Å²) in [6, 6.07) is 20.4. The van der Waals surface area contributed by atoms with Gasteiger partial charge in [0, 0.05) is 28.0 Å². The molecule has 1 unspecified atom stereocenters. The quantitative estimate of drug-likeness (QED) is 0.322. The maximum atomic E-state index is 13.4. The Bertz CT molecular complexity index is 1260. The van der Waals surface area contributed by atoms with Crippen LogP contribution in [0.1, 0.15) is 43.9 Å². The molecule has 0 bridgehead atoms. The van der Waals surface area contributed by atoms with Crippen molar-refractivity contribution in [1.29, 1.82) is 0 Å². The summed E-state index contributed by atoms with van der Waals surface area (Å²) in [7, 11) is 0. The Kier molecular flexibility index (Phi) is 4.19. The Hall–Kier alpha value is -3.49. The highest BCUT2D eigenvalue weighted by Crippen LogP contribution is 2.52. The van der Waals surface area contributed by atoms with Crippen molar-refractivity contribution < 1.29 is 9.58 Å². The molecule has 1 heterocycles. The molecule has 4 heteroatoms. The molecule has 1 aliphatic heterocycles. The van der Waals surface area contributed by atoms with Gasteiger partial charge < -0.3 is 5.32 Å². The summed E-state index contributed by atoms with van der Waals surface area (Å²) >= 11 is 0. The number of Topliss-reactive ketones (excluding diaryl/α,β-unsaturated/α-hetero) is 1. The largest absolute Gasteiger partial charge is 0.373 e. The Morgan fingerprint density at radius 1 is 1.03 bits per heavy atom. The van der Waals surface area contributed by atoms with Crippen LogP contribution in [0.2, 0.25) is 0 Å². The fraction of sp³-hybridized carbons (Fsp3) is 0.231. The third-order valence-corrected chi connectivity index (χ3v) is 6.15. The number of hydrogen-bond acceptors (Lipinski definition) is 3. The number of benzene rings is 3. The number of ketones is 1. The Morgan fingerprint density at radius 3 is 2.57 bits per heavy atom. The molecule has 3 aromatic carbocycles. The third kappa shape index (κ3) is 2.97. The summed E-state index contributed by atoms with van der Waals surface area (Å²) in [6.45, 7) is 7.79. The van der Waals surface area contributed by atoms with Crippen molar-refractivity contribution in [3.8, 4) is 0 Å². The molecular weight excluding hydrogens is 370 g/mol. The van der Waals surface area contributed by atoms with E-state index < -0.39 is 0 Å². The van der Waals surface area contributed by atoms with Crippen molar-refractivity contribution >= 4 is 40.2 Å². The van der Waals surface area contributed by atoms with Gasteiger partial charge >= 0.3 is 0 Å². The normalized spacial score (nSPS) is 19.5. The van der Waals surface area contributed by atoms with Gasteiger partial charge in [-0.3, -0.25) is 4.79 Å². The van der Waals surface area contributed by atoms with E-state index in [1.165, 1.54) is 21.9 Å². The van der Waals surface area contributed by atoms with E-state index in [4.69, 9.17) is 0 Å². The number of hydrogen-bond donors (Lipinski definition) is 1. The molecule has 0 spiro atoms. The van der Waals surface area contributed by atoms with Crippen LogP contribution in [0.4, 0.5) is 11.4 Å². The fourth-order valence-corrected chi connectivity index (χ4v) is 4.90. The lowest BCUT2D eigenvalue weighted by molar-refractivity contribution is -0.118. The average Bonchev–Trinajstić information content (AvgIpc) is 2.72. The smallest absolute Gasteiger partial charge is 0.296 e. The summed E-state index contributed by atoms with van der Waals surface area (Å²) in [5, 5.41) is 10.1. The Labute approximate surface area is 176 Å². The molecule has 0 saturated carbocycles. The zero-order valence-electron chi connectivity index (χ0n) is 17.3. The van der Waals surface area contributed by atoms with Crippen molar-refractivity contribution in [3.63, 3.8) is 0 Å². The first-order valence-corrected chi connectivity index (χ1v) is 10.3. The van der Waals surface area contributed by atoms with Crippen molar-refractivity contribution in [2.45, 2.75) is 32.7 Å². The summed E-state index contributed by atoms with van der Waals surface area (Å²) in [4.78, 5) is 17.0. The molecule has 0 amide bonds. The molecule has 1 atom stereocenters. The number of anilines is 1. The predicted octanol–water partition coefficient (Wildman–Crippen LogP) is 6.14. The van der Waals surface area contributed by atoms with Crippen LogP contribution in [-0.2, 0) is 4.79 Å². The number of carbonyl (C=O) groups excluding carboxylic acids is 1. The van der Waals surface area contributed by atoms with Gasteiger partial charge in [-0.15, -0.1) is 0 Å². The van der Waals surface area contributed by atoms with Gasteiger partial charge in [-0.25, -0.2) is 0 Å². The summed E-state index contributed by atoms with van der Waals surface area (Å²) < 4.78 is 0. The molecule has 0 fully saturated rings. The number of rotatable bonds is 2. The van der Waals surface area contributed by atoms with Crippen LogP contribution < -0.4 is 5.32 Å². The third-order valence-electron chi connectivity index (χ3n) is 6.15. The van der Waals surface area contributed by atoms with Crippen molar-refractivity contribution in [3.05, 3.63) is 77.4 Å². The number of fused-ring (bicyclic) bond motifs is 4. The number of nitrogens with one attached hydrogen (secondary N) is 1. The zero-order chi connectivity index (χ0) is 20.9. The highest BCUT2D eigenvalue weighted by atomic mass is 16.1. The van der Waals surface area contributed by atoms with Crippen LogP contribution in [0.15, 0.2) is 71.4 Å². The topological polar surface area (TPSA) is 55.6 Å². The standard InChI is InChI=1S/C26H23N3O/c1-26(2)14-20-23-19-7-5-4-6-16(19)10-13-21(23)28-25(24(20)22(30)15-26)17-8-11-18(12-9-17)29-27-3/h4-13,25H,3,14-15H2,1-2H3/p+1. The van der Waals surface area contributed by atoms with Gasteiger partial charge in [-0.2, -0.15) is 0 Å². The summed E-state index contributed by atoms with van der Waals surface area (Å²) in [5.74, 6) is 0.235. The predicted molar refractivity (Wildman–Crippen MR) is 121 cm³/mol. The number of nitrogens with zero attached hydrogens (tertiary/aromatic N) is 2. The van der Waals surface area contributed by atoms with E-state index in [9.17, 15) is 4.79 Å². The van der Waals surface area contributed by atoms with E-state index in [-0.39, 0.29) is 17.2 Å². The van der Waals surface area contributed by atoms with Crippen LogP contribution in [0.5, 0.6) is 0 Å². The van der Waals surface area contributed by atoms with Crippen molar-refractivity contribution in [2.75, 3.05) is 5.32 Å².